The van der Waals surface area contributed by atoms with Crippen LogP contribution in [-0.4, -0.2) is 22.6 Å². The second-order valence-electron chi connectivity index (χ2n) is 4.99. The molecular formula is C16H16F3NO4S. The number of halogens is 3. The first-order chi connectivity index (χ1) is 11.7. The van der Waals surface area contributed by atoms with Crippen molar-refractivity contribution in [2.75, 3.05) is 14.2 Å². The minimum Gasteiger partial charge on any atom is -0.496 e. The van der Waals surface area contributed by atoms with Crippen LogP contribution in [0, 0.1) is 0 Å². The Hall–Kier alpha value is -2.26. The number of hydrogen-bond acceptors (Lipinski definition) is 4. The summed E-state index contributed by atoms with van der Waals surface area (Å²) in [7, 11) is -1.32. The lowest BCUT2D eigenvalue weighted by molar-refractivity contribution is -0.137. The standard InChI is InChI=1S/C16H16F3NO4S/c1-23-14-7-4-8-15(24-2)13(14)10-20-25(21,22)12-6-3-5-11(9-12)16(17,18)19/h3-9,20H,10H2,1-2H3. The monoisotopic (exact) mass is 375 g/mol. The highest BCUT2D eigenvalue weighted by atomic mass is 32.2. The highest BCUT2D eigenvalue weighted by Crippen LogP contribution is 2.31. The van der Waals surface area contributed by atoms with E-state index in [1.54, 1.807) is 18.2 Å². The van der Waals surface area contributed by atoms with Crippen LogP contribution in [0.2, 0.25) is 0 Å². The molecule has 1 N–H and O–H groups in total. The third-order valence-corrected chi connectivity index (χ3v) is 4.84. The largest absolute Gasteiger partial charge is 0.496 e. The number of hydrogen-bond donors (Lipinski definition) is 1. The maximum Gasteiger partial charge on any atom is 0.416 e. The molecule has 0 spiro atoms. The van der Waals surface area contributed by atoms with E-state index in [1.807, 2.05) is 0 Å². The third kappa shape index (κ3) is 4.43. The van der Waals surface area contributed by atoms with Crippen molar-refractivity contribution in [3.63, 3.8) is 0 Å². The van der Waals surface area contributed by atoms with Crippen LogP contribution < -0.4 is 14.2 Å². The van der Waals surface area contributed by atoms with Crippen molar-refractivity contribution in [1.29, 1.82) is 0 Å². The number of sulfonamides is 1. The summed E-state index contributed by atoms with van der Waals surface area (Å²) in [5, 5.41) is 0. The van der Waals surface area contributed by atoms with Gasteiger partial charge in [-0.05, 0) is 30.3 Å². The predicted molar refractivity (Wildman–Crippen MR) is 85.0 cm³/mol. The first-order valence-electron chi connectivity index (χ1n) is 7.06. The number of methoxy groups -OCH3 is 2. The molecule has 0 amide bonds. The lowest BCUT2D eigenvalue weighted by atomic mass is 10.2. The molecule has 25 heavy (non-hydrogen) atoms. The SMILES string of the molecule is COc1cccc(OC)c1CNS(=O)(=O)c1cccc(C(F)(F)F)c1. The summed E-state index contributed by atoms with van der Waals surface area (Å²) in [5.41, 5.74) is -0.603. The van der Waals surface area contributed by atoms with Crippen LogP contribution in [0.3, 0.4) is 0 Å². The molecule has 0 saturated carbocycles. The summed E-state index contributed by atoms with van der Waals surface area (Å²) in [4.78, 5) is -0.476. The Balaban J connectivity index is 2.29. The van der Waals surface area contributed by atoms with E-state index < -0.39 is 26.7 Å². The molecule has 0 radical (unpaired) electrons. The second-order valence-corrected chi connectivity index (χ2v) is 6.76. The summed E-state index contributed by atoms with van der Waals surface area (Å²) in [5.74, 6) is 0.789. The lowest BCUT2D eigenvalue weighted by Gasteiger charge is -2.14. The predicted octanol–water partition coefficient (Wildman–Crippen LogP) is 3.20. The normalized spacial score (nSPS) is 12.0. The third-order valence-electron chi connectivity index (χ3n) is 3.44. The average molecular weight is 375 g/mol. The van der Waals surface area contributed by atoms with Gasteiger partial charge < -0.3 is 9.47 Å². The summed E-state index contributed by atoms with van der Waals surface area (Å²) in [6.07, 6.45) is -4.63. The van der Waals surface area contributed by atoms with Crippen LogP contribution in [0.25, 0.3) is 0 Å². The van der Waals surface area contributed by atoms with Crippen LogP contribution in [-0.2, 0) is 22.7 Å². The number of rotatable bonds is 6. The van der Waals surface area contributed by atoms with E-state index in [9.17, 15) is 21.6 Å². The smallest absolute Gasteiger partial charge is 0.416 e. The van der Waals surface area contributed by atoms with Gasteiger partial charge in [0, 0.05) is 6.54 Å². The first kappa shape index (κ1) is 19.1. The maximum atomic E-state index is 12.8. The molecule has 5 nitrogen and oxygen atoms in total. The van der Waals surface area contributed by atoms with Gasteiger partial charge in [0.05, 0.1) is 30.2 Å². The van der Waals surface area contributed by atoms with E-state index in [-0.39, 0.29) is 6.54 Å². The number of ether oxygens (including phenoxy) is 2. The Morgan fingerprint density at radius 2 is 1.56 bits per heavy atom. The van der Waals surface area contributed by atoms with Gasteiger partial charge in [-0.2, -0.15) is 13.2 Å². The van der Waals surface area contributed by atoms with Crippen molar-refractivity contribution in [2.24, 2.45) is 0 Å². The van der Waals surface area contributed by atoms with Gasteiger partial charge in [0.2, 0.25) is 10.0 Å². The van der Waals surface area contributed by atoms with Gasteiger partial charge in [-0.1, -0.05) is 12.1 Å². The van der Waals surface area contributed by atoms with Gasteiger partial charge >= 0.3 is 6.18 Å². The van der Waals surface area contributed by atoms with Crippen LogP contribution in [0.15, 0.2) is 47.4 Å². The molecule has 2 aromatic rings. The quantitative estimate of drug-likeness (QED) is 0.842. The Bertz CT molecular complexity index is 828. The first-order valence-corrected chi connectivity index (χ1v) is 8.54. The highest BCUT2D eigenvalue weighted by Gasteiger charge is 2.31. The van der Waals surface area contributed by atoms with Gasteiger partial charge in [0.1, 0.15) is 11.5 Å². The van der Waals surface area contributed by atoms with Crippen LogP contribution in [0.5, 0.6) is 11.5 Å². The van der Waals surface area contributed by atoms with Crippen molar-refractivity contribution in [1.82, 2.24) is 4.72 Å². The zero-order chi connectivity index (χ0) is 18.7. The van der Waals surface area contributed by atoms with E-state index in [4.69, 9.17) is 9.47 Å². The number of nitrogens with one attached hydrogen (secondary N) is 1. The topological polar surface area (TPSA) is 64.6 Å². The minimum absolute atomic E-state index is 0.203. The maximum absolute atomic E-state index is 12.8. The molecule has 0 aliphatic rings. The molecule has 0 aliphatic carbocycles. The van der Waals surface area contributed by atoms with Gasteiger partial charge in [-0.15, -0.1) is 0 Å². The van der Waals surface area contributed by atoms with Crippen molar-refractivity contribution in [3.8, 4) is 11.5 Å². The van der Waals surface area contributed by atoms with Crippen molar-refractivity contribution in [3.05, 3.63) is 53.6 Å². The fraction of sp³-hybridized carbons (Fsp3) is 0.250. The van der Waals surface area contributed by atoms with E-state index in [2.05, 4.69) is 4.72 Å². The lowest BCUT2D eigenvalue weighted by Crippen LogP contribution is -2.24. The molecule has 0 unspecified atom stereocenters. The Morgan fingerprint density at radius 1 is 1.00 bits per heavy atom. The van der Waals surface area contributed by atoms with Gasteiger partial charge in [0.25, 0.3) is 0 Å². The van der Waals surface area contributed by atoms with Gasteiger partial charge in [-0.3, -0.25) is 0 Å². The summed E-state index contributed by atoms with van der Waals surface area (Å²) < 4.78 is 75.5. The fourth-order valence-corrected chi connectivity index (χ4v) is 3.23. The summed E-state index contributed by atoms with van der Waals surface area (Å²) in [6, 6.07) is 8.44. The van der Waals surface area contributed by atoms with Crippen molar-refractivity contribution >= 4 is 10.0 Å². The average Bonchev–Trinajstić information content (AvgIpc) is 2.59. The van der Waals surface area contributed by atoms with E-state index in [0.717, 1.165) is 18.2 Å². The molecule has 0 atom stereocenters. The van der Waals surface area contributed by atoms with Crippen LogP contribution >= 0.6 is 0 Å². The van der Waals surface area contributed by atoms with E-state index >= 15 is 0 Å². The molecular weight excluding hydrogens is 359 g/mol. The summed E-state index contributed by atoms with van der Waals surface area (Å²) in [6.45, 7) is -0.203. The van der Waals surface area contributed by atoms with Crippen LogP contribution in [0.4, 0.5) is 13.2 Å². The van der Waals surface area contributed by atoms with E-state index in [1.165, 1.54) is 14.2 Å². The van der Waals surface area contributed by atoms with Gasteiger partial charge in [-0.25, -0.2) is 13.1 Å². The van der Waals surface area contributed by atoms with Crippen molar-refractivity contribution in [2.45, 2.75) is 17.6 Å². The molecule has 0 heterocycles. The molecule has 0 aliphatic heterocycles. The number of benzene rings is 2. The zero-order valence-corrected chi connectivity index (χ0v) is 14.2. The molecule has 0 aromatic heterocycles. The zero-order valence-electron chi connectivity index (χ0n) is 13.4. The molecule has 0 fully saturated rings. The number of alkyl halides is 3. The molecule has 0 bridgehead atoms. The van der Waals surface area contributed by atoms with Crippen LogP contribution in [0.1, 0.15) is 11.1 Å². The highest BCUT2D eigenvalue weighted by molar-refractivity contribution is 7.89. The van der Waals surface area contributed by atoms with Crippen molar-refractivity contribution < 1.29 is 31.1 Å². The summed E-state index contributed by atoms with van der Waals surface area (Å²) >= 11 is 0. The Morgan fingerprint density at radius 3 is 2.08 bits per heavy atom. The minimum atomic E-state index is -4.63. The molecule has 9 heteroatoms. The molecule has 0 saturated heterocycles. The van der Waals surface area contributed by atoms with E-state index in [0.29, 0.717) is 23.1 Å². The molecule has 2 aromatic carbocycles. The Labute approximate surface area is 143 Å². The molecule has 2 rings (SSSR count). The van der Waals surface area contributed by atoms with Gasteiger partial charge in [0.15, 0.2) is 0 Å². The fourth-order valence-electron chi connectivity index (χ4n) is 2.19. The Kier molecular flexibility index (Phi) is 5.58. The second kappa shape index (κ2) is 7.32. The molecule has 136 valence electrons.